The summed E-state index contributed by atoms with van der Waals surface area (Å²) in [5.41, 5.74) is 1.98. The van der Waals surface area contributed by atoms with Gasteiger partial charge in [0.1, 0.15) is 0 Å². The van der Waals surface area contributed by atoms with E-state index in [9.17, 15) is 9.90 Å². The summed E-state index contributed by atoms with van der Waals surface area (Å²) in [6, 6.07) is 0. The Labute approximate surface area is 139 Å². The van der Waals surface area contributed by atoms with Crippen molar-refractivity contribution in [2.24, 2.45) is 0 Å². The molecule has 22 heavy (non-hydrogen) atoms. The SMILES string of the molecule is CCCCCCCC(CCCCCC)c1scnc1C(=O)O. The van der Waals surface area contributed by atoms with Gasteiger partial charge in [-0.25, -0.2) is 9.78 Å². The fraction of sp³-hybridized carbons (Fsp3) is 0.778. The van der Waals surface area contributed by atoms with Crippen molar-refractivity contribution in [3.05, 3.63) is 16.1 Å². The van der Waals surface area contributed by atoms with E-state index in [2.05, 4.69) is 18.8 Å². The van der Waals surface area contributed by atoms with Crippen LogP contribution in [0.15, 0.2) is 5.51 Å². The van der Waals surface area contributed by atoms with Crippen LogP contribution >= 0.6 is 11.3 Å². The van der Waals surface area contributed by atoms with Crippen molar-refractivity contribution in [3.63, 3.8) is 0 Å². The molecule has 1 aromatic heterocycles. The summed E-state index contributed by atoms with van der Waals surface area (Å²) >= 11 is 1.53. The molecule has 0 aromatic carbocycles. The Morgan fingerprint density at radius 1 is 1.05 bits per heavy atom. The van der Waals surface area contributed by atoms with Gasteiger partial charge in [-0.1, -0.05) is 71.6 Å². The number of unbranched alkanes of at least 4 members (excludes halogenated alkanes) is 7. The van der Waals surface area contributed by atoms with Gasteiger partial charge in [0.25, 0.3) is 0 Å². The van der Waals surface area contributed by atoms with Gasteiger partial charge in [0, 0.05) is 4.88 Å². The van der Waals surface area contributed by atoms with Gasteiger partial charge in [-0.15, -0.1) is 11.3 Å². The predicted molar refractivity (Wildman–Crippen MR) is 93.9 cm³/mol. The summed E-state index contributed by atoms with van der Waals surface area (Å²) in [6.07, 6.45) is 13.5. The standard InChI is InChI=1S/C18H31NO2S/c1-3-5-7-9-11-13-15(12-10-8-6-4-2)17-16(18(20)21)19-14-22-17/h14-15H,3-13H2,1-2H3,(H,20,21). The first-order chi connectivity index (χ1) is 10.7. The van der Waals surface area contributed by atoms with E-state index in [1.54, 1.807) is 5.51 Å². The first-order valence-corrected chi connectivity index (χ1v) is 9.75. The molecule has 0 aliphatic heterocycles. The van der Waals surface area contributed by atoms with Crippen LogP contribution in [0.25, 0.3) is 0 Å². The number of carboxylic acid groups (broad SMARTS) is 1. The Morgan fingerprint density at radius 2 is 1.59 bits per heavy atom. The maximum atomic E-state index is 11.3. The van der Waals surface area contributed by atoms with E-state index in [1.165, 1.54) is 69.1 Å². The molecule has 1 N–H and O–H groups in total. The number of carboxylic acids is 1. The van der Waals surface area contributed by atoms with E-state index >= 15 is 0 Å². The van der Waals surface area contributed by atoms with Gasteiger partial charge < -0.3 is 5.11 Å². The number of aromatic nitrogens is 1. The number of carbonyl (C=O) groups is 1. The average Bonchev–Trinajstić information content (AvgIpc) is 2.99. The first kappa shape index (κ1) is 19.1. The zero-order valence-electron chi connectivity index (χ0n) is 14.1. The zero-order chi connectivity index (χ0) is 16.2. The minimum atomic E-state index is -0.874. The molecule has 0 spiro atoms. The smallest absolute Gasteiger partial charge is 0.355 e. The molecule has 1 aromatic rings. The Kier molecular flexibility index (Phi) is 10.1. The lowest BCUT2D eigenvalue weighted by atomic mass is 9.92. The van der Waals surface area contributed by atoms with Crippen LogP contribution in [0.1, 0.15) is 106 Å². The zero-order valence-corrected chi connectivity index (χ0v) is 15.0. The van der Waals surface area contributed by atoms with Crippen LogP contribution in [0.5, 0.6) is 0 Å². The van der Waals surface area contributed by atoms with Crippen molar-refractivity contribution in [3.8, 4) is 0 Å². The molecule has 0 saturated carbocycles. The molecule has 1 unspecified atom stereocenters. The maximum Gasteiger partial charge on any atom is 0.355 e. The third-order valence-corrected chi connectivity index (χ3v) is 5.22. The second-order valence-electron chi connectivity index (χ2n) is 6.12. The molecule has 0 aliphatic carbocycles. The Bertz CT molecular complexity index is 417. The normalized spacial score (nSPS) is 12.5. The van der Waals surface area contributed by atoms with Gasteiger partial charge >= 0.3 is 5.97 Å². The third kappa shape index (κ3) is 6.91. The van der Waals surface area contributed by atoms with Crippen molar-refractivity contribution in [1.82, 2.24) is 4.98 Å². The molecule has 3 nitrogen and oxygen atoms in total. The van der Waals surface area contributed by atoms with Crippen molar-refractivity contribution in [1.29, 1.82) is 0 Å². The van der Waals surface area contributed by atoms with Crippen molar-refractivity contribution in [2.75, 3.05) is 0 Å². The summed E-state index contributed by atoms with van der Waals surface area (Å²) in [4.78, 5) is 16.4. The fourth-order valence-electron chi connectivity index (χ4n) is 2.92. The Balaban J connectivity index is 2.56. The van der Waals surface area contributed by atoms with Crippen LogP contribution in [0, 0.1) is 0 Å². The summed E-state index contributed by atoms with van der Waals surface area (Å²) in [7, 11) is 0. The minimum Gasteiger partial charge on any atom is -0.476 e. The highest BCUT2D eigenvalue weighted by Gasteiger charge is 2.21. The summed E-state index contributed by atoms with van der Waals surface area (Å²) in [5.74, 6) is -0.488. The molecular weight excluding hydrogens is 294 g/mol. The molecule has 1 heterocycles. The van der Waals surface area contributed by atoms with Crippen molar-refractivity contribution in [2.45, 2.75) is 90.4 Å². The first-order valence-electron chi connectivity index (χ1n) is 8.87. The van der Waals surface area contributed by atoms with Crippen LogP contribution in [0.3, 0.4) is 0 Å². The summed E-state index contributed by atoms with van der Waals surface area (Å²) in [5, 5.41) is 9.30. The quantitative estimate of drug-likeness (QED) is 0.436. The van der Waals surface area contributed by atoms with Crippen LogP contribution < -0.4 is 0 Å². The molecule has 0 aliphatic rings. The van der Waals surface area contributed by atoms with E-state index in [4.69, 9.17) is 0 Å². The predicted octanol–water partition coefficient (Wildman–Crippen LogP) is 6.26. The number of aromatic carboxylic acids is 1. The molecule has 0 bridgehead atoms. The lowest BCUT2D eigenvalue weighted by Gasteiger charge is -2.16. The van der Waals surface area contributed by atoms with E-state index < -0.39 is 5.97 Å². The van der Waals surface area contributed by atoms with Gasteiger partial charge in [0.15, 0.2) is 5.69 Å². The van der Waals surface area contributed by atoms with Gasteiger partial charge in [-0.2, -0.15) is 0 Å². The average molecular weight is 326 g/mol. The monoisotopic (exact) mass is 325 g/mol. The van der Waals surface area contributed by atoms with E-state index in [1.807, 2.05) is 0 Å². The van der Waals surface area contributed by atoms with Crippen LogP contribution in [0.4, 0.5) is 0 Å². The summed E-state index contributed by atoms with van der Waals surface area (Å²) < 4.78 is 0. The largest absolute Gasteiger partial charge is 0.476 e. The molecule has 0 saturated heterocycles. The van der Waals surface area contributed by atoms with Crippen LogP contribution in [-0.4, -0.2) is 16.1 Å². The van der Waals surface area contributed by atoms with Crippen molar-refractivity contribution < 1.29 is 9.90 Å². The number of hydrogen-bond donors (Lipinski definition) is 1. The van der Waals surface area contributed by atoms with E-state index in [-0.39, 0.29) is 0 Å². The molecule has 1 atom stereocenters. The van der Waals surface area contributed by atoms with Gasteiger partial charge in [0.05, 0.1) is 5.51 Å². The van der Waals surface area contributed by atoms with Gasteiger partial charge in [-0.05, 0) is 18.8 Å². The molecule has 126 valence electrons. The van der Waals surface area contributed by atoms with Crippen LogP contribution in [0.2, 0.25) is 0 Å². The molecular formula is C18H31NO2S. The Morgan fingerprint density at radius 3 is 2.14 bits per heavy atom. The second kappa shape index (κ2) is 11.6. The van der Waals surface area contributed by atoms with Crippen LogP contribution in [-0.2, 0) is 0 Å². The van der Waals surface area contributed by atoms with Crippen molar-refractivity contribution >= 4 is 17.3 Å². The number of thiazole rings is 1. The topological polar surface area (TPSA) is 50.2 Å². The van der Waals surface area contributed by atoms with E-state index in [0.717, 1.165) is 17.7 Å². The lowest BCUT2D eigenvalue weighted by Crippen LogP contribution is -2.06. The lowest BCUT2D eigenvalue weighted by molar-refractivity contribution is 0.0689. The maximum absolute atomic E-state index is 11.3. The third-order valence-electron chi connectivity index (χ3n) is 4.23. The van der Waals surface area contributed by atoms with E-state index in [0.29, 0.717) is 11.6 Å². The highest BCUT2D eigenvalue weighted by molar-refractivity contribution is 7.10. The van der Waals surface area contributed by atoms with Gasteiger partial charge in [0.2, 0.25) is 0 Å². The highest BCUT2D eigenvalue weighted by atomic mass is 32.1. The number of rotatable bonds is 13. The molecule has 0 radical (unpaired) electrons. The molecule has 0 amide bonds. The summed E-state index contributed by atoms with van der Waals surface area (Å²) in [6.45, 7) is 4.45. The van der Waals surface area contributed by atoms with Gasteiger partial charge in [-0.3, -0.25) is 0 Å². The minimum absolute atomic E-state index is 0.291. The molecule has 0 fully saturated rings. The second-order valence-corrected chi connectivity index (χ2v) is 7.01. The fourth-order valence-corrected chi connectivity index (χ4v) is 3.88. The Hall–Kier alpha value is -0.900. The molecule has 4 heteroatoms. The highest BCUT2D eigenvalue weighted by Crippen LogP contribution is 2.33. The number of hydrogen-bond acceptors (Lipinski definition) is 3. The molecule has 1 rings (SSSR count). The number of nitrogens with zero attached hydrogens (tertiary/aromatic N) is 1.